The molecule has 0 aliphatic rings. The SMILES string of the molecule is CCCC(=O)CN(C)C(C)c1cccs1. The van der Waals surface area contributed by atoms with Crippen molar-refractivity contribution < 1.29 is 4.79 Å². The minimum Gasteiger partial charge on any atom is -0.298 e. The van der Waals surface area contributed by atoms with Gasteiger partial charge in [0.25, 0.3) is 0 Å². The molecule has 0 aliphatic heterocycles. The van der Waals surface area contributed by atoms with Crippen molar-refractivity contribution in [2.75, 3.05) is 13.6 Å². The number of rotatable bonds is 6. The van der Waals surface area contributed by atoms with Crippen LogP contribution in [0.4, 0.5) is 0 Å². The average Bonchev–Trinajstić information content (AvgIpc) is 2.69. The quantitative estimate of drug-likeness (QED) is 0.741. The van der Waals surface area contributed by atoms with Crippen LogP contribution >= 0.6 is 11.3 Å². The molecule has 0 saturated heterocycles. The van der Waals surface area contributed by atoms with Crippen LogP contribution in [0, 0.1) is 0 Å². The Balaban J connectivity index is 2.46. The van der Waals surface area contributed by atoms with E-state index in [2.05, 4.69) is 29.3 Å². The highest BCUT2D eigenvalue weighted by Gasteiger charge is 2.14. The molecule has 1 unspecified atom stereocenters. The van der Waals surface area contributed by atoms with E-state index in [0.29, 0.717) is 24.8 Å². The summed E-state index contributed by atoms with van der Waals surface area (Å²) in [6.07, 6.45) is 1.64. The maximum atomic E-state index is 11.5. The van der Waals surface area contributed by atoms with Gasteiger partial charge in [0.15, 0.2) is 0 Å². The number of Topliss-reactive ketones (excluding diaryl/α,β-unsaturated/α-hetero) is 1. The molecule has 2 nitrogen and oxygen atoms in total. The Bertz CT molecular complexity index is 295. The van der Waals surface area contributed by atoms with E-state index in [0.717, 1.165) is 6.42 Å². The summed E-state index contributed by atoms with van der Waals surface area (Å²) in [5.41, 5.74) is 0. The predicted octanol–water partition coefficient (Wildman–Crippen LogP) is 3.11. The molecule has 1 rings (SSSR count). The van der Waals surface area contributed by atoms with E-state index < -0.39 is 0 Å². The van der Waals surface area contributed by atoms with Crippen molar-refractivity contribution in [3.63, 3.8) is 0 Å². The molecular weight excluding hydrogens is 206 g/mol. The lowest BCUT2D eigenvalue weighted by atomic mass is 10.2. The van der Waals surface area contributed by atoms with Crippen LogP contribution in [0.3, 0.4) is 0 Å². The molecule has 0 spiro atoms. The smallest absolute Gasteiger partial charge is 0.146 e. The zero-order valence-electron chi connectivity index (χ0n) is 9.69. The summed E-state index contributed by atoms with van der Waals surface area (Å²) in [6.45, 7) is 4.75. The van der Waals surface area contributed by atoms with Gasteiger partial charge in [0.05, 0.1) is 6.54 Å². The Morgan fingerprint density at radius 2 is 2.33 bits per heavy atom. The molecule has 0 fully saturated rings. The molecule has 0 radical (unpaired) electrons. The van der Waals surface area contributed by atoms with Gasteiger partial charge in [-0.1, -0.05) is 13.0 Å². The van der Waals surface area contributed by atoms with Crippen LogP contribution in [0.1, 0.15) is 37.6 Å². The van der Waals surface area contributed by atoms with Gasteiger partial charge in [0.2, 0.25) is 0 Å². The molecule has 15 heavy (non-hydrogen) atoms. The number of thiophene rings is 1. The molecular formula is C12H19NOS. The second-order valence-electron chi connectivity index (χ2n) is 3.90. The summed E-state index contributed by atoms with van der Waals surface area (Å²) in [4.78, 5) is 14.9. The normalized spacial score (nSPS) is 13.1. The van der Waals surface area contributed by atoms with Crippen molar-refractivity contribution in [1.29, 1.82) is 0 Å². The number of ketones is 1. The van der Waals surface area contributed by atoms with Crippen molar-refractivity contribution in [2.24, 2.45) is 0 Å². The Hall–Kier alpha value is -0.670. The molecule has 0 saturated carbocycles. The lowest BCUT2D eigenvalue weighted by molar-refractivity contribution is -0.120. The first kappa shape index (κ1) is 12.4. The third-order valence-corrected chi connectivity index (χ3v) is 3.61. The summed E-state index contributed by atoms with van der Waals surface area (Å²) in [5.74, 6) is 0.336. The van der Waals surface area contributed by atoms with Crippen molar-refractivity contribution in [1.82, 2.24) is 4.90 Å². The molecule has 1 aromatic rings. The lowest BCUT2D eigenvalue weighted by Crippen LogP contribution is -2.28. The monoisotopic (exact) mass is 225 g/mol. The van der Waals surface area contributed by atoms with Gasteiger partial charge in [-0.25, -0.2) is 0 Å². The molecule has 0 aliphatic carbocycles. The van der Waals surface area contributed by atoms with Gasteiger partial charge in [-0.05, 0) is 31.8 Å². The summed E-state index contributed by atoms with van der Waals surface area (Å²) < 4.78 is 0. The maximum Gasteiger partial charge on any atom is 0.146 e. The van der Waals surface area contributed by atoms with Gasteiger partial charge < -0.3 is 0 Å². The number of carbonyl (C=O) groups is 1. The van der Waals surface area contributed by atoms with E-state index in [1.165, 1.54) is 4.88 Å². The molecule has 84 valence electrons. The van der Waals surface area contributed by atoms with Gasteiger partial charge in [-0.2, -0.15) is 0 Å². The highest BCUT2D eigenvalue weighted by atomic mass is 32.1. The molecule has 0 aromatic carbocycles. The first-order chi connectivity index (χ1) is 7.15. The predicted molar refractivity (Wildman–Crippen MR) is 65.3 cm³/mol. The number of carbonyl (C=O) groups excluding carboxylic acids is 1. The average molecular weight is 225 g/mol. The van der Waals surface area contributed by atoms with Crippen LogP contribution in [0.2, 0.25) is 0 Å². The highest BCUT2D eigenvalue weighted by molar-refractivity contribution is 7.10. The van der Waals surface area contributed by atoms with Crippen LogP contribution in [-0.4, -0.2) is 24.3 Å². The number of hydrogen-bond acceptors (Lipinski definition) is 3. The van der Waals surface area contributed by atoms with Gasteiger partial charge in [0.1, 0.15) is 5.78 Å². The van der Waals surface area contributed by atoms with E-state index in [4.69, 9.17) is 0 Å². The van der Waals surface area contributed by atoms with Crippen LogP contribution < -0.4 is 0 Å². The van der Waals surface area contributed by atoms with Gasteiger partial charge in [-0.3, -0.25) is 9.69 Å². The zero-order chi connectivity index (χ0) is 11.3. The molecule has 0 N–H and O–H groups in total. The molecule has 3 heteroatoms. The highest BCUT2D eigenvalue weighted by Crippen LogP contribution is 2.23. The van der Waals surface area contributed by atoms with Crippen molar-refractivity contribution in [2.45, 2.75) is 32.7 Å². The molecule has 1 aromatic heterocycles. The molecule has 0 bridgehead atoms. The minimum atomic E-state index is 0.336. The van der Waals surface area contributed by atoms with Gasteiger partial charge in [-0.15, -0.1) is 11.3 Å². The van der Waals surface area contributed by atoms with Crippen LogP contribution in [-0.2, 0) is 4.79 Å². The standard InChI is InChI=1S/C12H19NOS/c1-4-6-11(14)9-13(3)10(2)12-7-5-8-15-12/h5,7-8,10H,4,6,9H2,1-3H3. The minimum absolute atomic E-state index is 0.336. The molecule has 0 amide bonds. The second-order valence-corrected chi connectivity index (χ2v) is 4.87. The van der Waals surface area contributed by atoms with Crippen LogP contribution in [0.15, 0.2) is 17.5 Å². The van der Waals surface area contributed by atoms with E-state index in [-0.39, 0.29) is 0 Å². The van der Waals surface area contributed by atoms with E-state index in [1.54, 1.807) is 11.3 Å². The molecule has 1 heterocycles. The first-order valence-corrected chi connectivity index (χ1v) is 6.28. The van der Waals surface area contributed by atoms with Crippen LogP contribution in [0.5, 0.6) is 0 Å². The maximum absolute atomic E-state index is 11.5. The van der Waals surface area contributed by atoms with E-state index in [1.807, 2.05) is 14.0 Å². The first-order valence-electron chi connectivity index (χ1n) is 5.40. The number of hydrogen-bond donors (Lipinski definition) is 0. The fraction of sp³-hybridized carbons (Fsp3) is 0.583. The summed E-state index contributed by atoms with van der Waals surface area (Å²) in [6, 6.07) is 4.51. The number of nitrogens with zero attached hydrogens (tertiary/aromatic N) is 1. The lowest BCUT2D eigenvalue weighted by Gasteiger charge is -2.22. The Morgan fingerprint density at radius 1 is 1.60 bits per heavy atom. The van der Waals surface area contributed by atoms with Crippen LogP contribution in [0.25, 0.3) is 0 Å². The van der Waals surface area contributed by atoms with Crippen molar-refractivity contribution >= 4 is 17.1 Å². The Kier molecular flexibility index (Phi) is 4.99. The fourth-order valence-corrected chi connectivity index (χ4v) is 2.37. The van der Waals surface area contributed by atoms with E-state index in [9.17, 15) is 4.79 Å². The van der Waals surface area contributed by atoms with Gasteiger partial charge >= 0.3 is 0 Å². The summed E-state index contributed by atoms with van der Waals surface area (Å²) in [5, 5.41) is 2.08. The molecule has 1 atom stereocenters. The second kappa shape index (κ2) is 6.03. The van der Waals surface area contributed by atoms with Crippen molar-refractivity contribution in [3.05, 3.63) is 22.4 Å². The number of likely N-dealkylation sites (N-methyl/N-ethyl adjacent to an activating group) is 1. The van der Waals surface area contributed by atoms with E-state index >= 15 is 0 Å². The largest absolute Gasteiger partial charge is 0.298 e. The van der Waals surface area contributed by atoms with Gasteiger partial charge in [0, 0.05) is 17.3 Å². The third-order valence-electron chi connectivity index (χ3n) is 2.57. The zero-order valence-corrected chi connectivity index (χ0v) is 10.5. The fourth-order valence-electron chi connectivity index (χ4n) is 1.52. The Labute approximate surface area is 95.9 Å². The third kappa shape index (κ3) is 3.76. The summed E-state index contributed by atoms with van der Waals surface area (Å²) >= 11 is 1.75. The summed E-state index contributed by atoms with van der Waals surface area (Å²) in [7, 11) is 2.01. The Morgan fingerprint density at radius 3 is 2.87 bits per heavy atom. The van der Waals surface area contributed by atoms with Crippen molar-refractivity contribution in [3.8, 4) is 0 Å². The topological polar surface area (TPSA) is 20.3 Å².